The van der Waals surface area contributed by atoms with Crippen LogP contribution in [0.2, 0.25) is 0 Å². The second-order valence-corrected chi connectivity index (χ2v) is 7.39. The molecule has 0 atom stereocenters. The molecule has 2 rings (SSSR count). The smallest absolute Gasteiger partial charge is 0.322 e. The molecule has 0 fully saturated rings. The van der Waals surface area contributed by atoms with Crippen LogP contribution in [-0.4, -0.2) is 20.9 Å². The van der Waals surface area contributed by atoms with Crippen LogP contribution >= 0.6 is 0 Å². The summed E-state index contributed by atoms with van der Waals surface area (Å²) in [6, 6.07) is 5.89. The summed E-state index contributed by atoms with van der Waals surface area (Å²) >= 11 is 0. The minimum atomic E-state index is -4.92. The number of hydrogen-bond acceptors (Lipinski definition) is 3. The summed E-state index contributed by atoms with van der Waals surface area (Å²) in [5, 5.41) is 2.23. The highest BCUT2D eigenvalue weighted by Crippen LogP contribution is 2.33. The van der Waals surface area contributed by atoms with Crippen molar-refractivity contribution in [1.29, 1.82) is 0 Å². The van der Waals surface area contributed by atoms with Crippen molar-refractivity contribution in [2.45, 2.75) is 24.9 Å². The molecular weight excluding hydrogens is 388 g/mol. The van der Waals surface area contributed by atoms with Gasteiger partial charge in [0.2, 0.25) is 10.0 Å². The van der Waals surface area contributed by atoms with Crippen molar-refractivity contribution in [1.82, 2.24) is 4.72 Å². The van der Waals surface area contributed by atoms with Gasteiger partial charge in [-0.15, -0.1) is 0 Å². The molecule has 0 saturated heterocycles. The average Bonchev–Trinajstić information content (AvgIpc) is 2.55. The van der Waals surface area contributed by atoms with Crippen molar-refractivity contribution in [2.24, 2.45) is 0 Å². The Labute approximate surface area is 153 Å². The molecule has 0 radical (unpaired) electrons. The summed E-state index contributed by atoms with van der Waals surface area (Å²) in [5.74, 6) is -2.28. The number of aryl methyl sites for hydroxylation is 1. The molecule has 2 aromatic carbocycles. The van der Waals surface area contributed by atoms with Gasteiger partial charge in [0, 0.05) is 17.8 Å². The number of sulfonamides is 1. The lowest BCUT2D eigenvalue weighted by Crippen LogP contribution is -2.24. The molecule has 10 heteroatoms. The lowest BCUT2D eigenvalue weighted by atomic mass is 10.1. The number of rotatable bonds is 5. The molecule has 0 spiro atoms. The van der Waals surface area contributed by atoms with E-state index in [1.807, 2.05) is 0 Å². The zero-order chi connectivity index (χ0) is 20.4. The summed E-state index contributed by atoms with van der Waals surface area (Å²) in [6.45, 7) is 3.28. The molecule has 0 heterocycles. The van der Waals surface area contributed by atoms with E-state index in [1.54, 1.807) is 13.8 Å². The number of alkyl halides is 3. The van der Waals surface area contributed by atoms with E-state index in [0.29, 0.717) is 17.7 Å². The van der Waals surface area contributed by atoms with Gasteiger partial charge >= 0.3 is 6.18 Å². The van der Waals surface area contributed by atoms with Crippen LogP contribution in [0.4, 0.5) is 23.2 Å². The highest BCUT2D eigenvalue weighted by molar-refractivity contribution is 7.89. The first-order valence-electron chi connectivity index (χ1n) is 7.74. The maximum absolute atomic E-state index is 13.3. The Hall–Kier alpha value is -2.46. The minimum absolute atomic E-state index is 0.0353. The molecule has 0 aromatic heterocycles. The zero-order valence-corrected chi connectivity index (χ0v) is 15.1. The molecule has 27 heavy (non-hydrogen) atoms. The lowest BCUT2D eigenvalue weighted by molar-refractivity contribution is -0.139. The van der Waals surface area contributed by atoms with Crippen molar-refractivity contribution in [2.75, 3.05) is 11.9 Å². The van der Waals surface area contributed by atoms with Crippen LogP contribution in [0.5, 0.6) is 0 Å². The second kappa shape index (κ2) is 7.65. The Morgan fingerprint density at radius 2 is 1.78 bits per heavy atom. The van der Waals surface area contributed by atoms with Crippen molar-refractivity contribution in [3.63, 3.8) is 0 Å². The van der Waals surface area contributed by atoms with E-state index in [-0.39, 0.29) is 22.7 Å². The standard InChI is InChI=1S/C17H16F4N2O3S/c1-3-22-27(25,26)12-6-4-10(2)13(9-12)16(24)23-11-5-7-15(18)14(8-11)17(19,20)21/h4-9,22H,3H2,1-2H3,(H,23,24). The van der Waals surface area contributed by atoms with Crippen LogP contribution in [0, 0.1) is 12.7 Å². The van der Waals surface area contributed by atoms with E-state index in [4.69, 9.17) is 0 Å². The number of nitrogens with one attached hydrogen (secondary N) is 2. The van der Waals surface area contributed by atoms with E-state index in [9.17, 15) is 30.8 Å². The van der Waals surface area contributed by atoms with Crippen molar-refractivity contribution < 1.29 is 30.8 Å². The molecule has 2 aromatic rings. The third-order valence-corrected chi connectivity index (χ3v) is 5.17. The number of carbonyl (C=O) groups excluding carboxylic acids is 1. The van der Waals surface area contributed by atoms with Crippen LogP contribution in [0.3, 0.4) is 0 Å². The number of benzene rings is 2. The van der Waals surface area contributed by atoms with E-state index in [2.05, 4.69) is 10.0 Å². The van der Waals surface area contributed by atoms with Gasteiger partial charge in [-0.25, -0.2) is 17.5 Å². The molecule has 0 bridgehead atoms. The van der Waals surface area contributed by atoms with Gasteiger partial charge in [0.15, 0.2) is 0 Å². The van der Waals surface area contributed by atoms with Gasteiger partial charge in [0.25, 0.3) is 5.91 Å². The number of anilines is 1. The van der Waals surface area contributed by atoms with Gasteiger partial charge in [-0.3, -0.25) is 4.79 Å². The topological polar surface area (TPSA) is 75.3 Å². The number of amides is 1. The van der Waals surface area contributed by atoms with Crippen LogP contribution in [0.15, 0.2) is 41.3 Å². The van der Waals surface area contributed by atoms with E-state index in [1.165, 1.54) is 12.1 Å². The maximum Gasteiger partial charge on any atom is 0.419 e. The largest absolute Gasteiger partial charge is 0.419 e. The Bertz CT molecular complexity index is 973. The molecule has 0 aliphatic rings. The fourth-order valence-corrected chi connectivity index (χ4v) is 3.37. The molecule has 0 aliphatic carbocycles. The number of carbonyl (C=O) groups is 1. The summed E-state index contributed by atoms with van der Waals surface area (Å²) < 4.78 is 78.1. The Kier molecular flexibility index (Phi) is 5.91. The predicted molar refractivity (Wildman–Crippen MR) is 91.4 cm³/mol. The first kappa shape index (κ1) is 20.8. The van der Waals surface area contributed by atoms with Gasteiger partial charge in [0.1, 0.15) is 5.82 Å². The quantitative estimate of drug-likeness (QED) is 0.747. The highest BCUT2D eigenvalue weighted by Gasteiger charge is 2.34. The Morgan fingerprint density at radius 3 is 2.37 bits per heavy atom. The van der Waals surface area contributed by atoms with E-state index in [0.717, 1.165) is 12.1 Å². The third-order valence-electron chi connectivity index (χ3n) is 3.63. The van der Waals surface area contributed by atoms with Gasteiger partial charge in [-0.05, 0) is 42.8 Å². The molecule has 146 valence electrons. The Morgan fingerprint density at radius 1 is 1.11 bits per heavy atom. The predicted octanol–water partition coefficient (Wildman–Crippen LogP) is 3.70. The van der Waals surface area contributed by atoms with Crippen LogP contribution in [0.25, 0.3) is 0 Å². The third kappa shape index (κ3) is 4.83. The Balaban J connectivity index is 2.37. The lowest BCUT2D eigenvalue weighted by Gasteiger charge is -2.13. The second-order valence-electron chi connectivity index (χ2n) is 5.62. The van der Waals surface area contributed by atoms with Crippen molar-refractivity contribution in [3.05, 3.63) is 58.9 Å². The van der Waals surface area contributed by atoms with E-state index < -0.39 is 33.5 Å². The molecule has 1 amide bonds. The molecule has 2 N–H and O–H groups in total. The van der Waals surface area contributed by atoms with Crippen molar-refractivity contribution >= 4 is 21.6 Å². The van der Waals surface area contributed by atoms with Gasteiger partial charge in [-0.2, -0.15) is 13.2 Å². The van der Waals surface area contributed by atoms with Gasteiger partial charge < -0.3 is 5.32 Å². The summed E-state index contributed by atoms with van der Waals surface area (Å²) in [5.41, 5.74) is -1.40. The van der Waals surface area contributed by atoms with Gasteiger partial charge in [0.05, 0.1) is 10.5 Å². The molecule has 0 unspecified atom stereocenters. The first-order chi connectivity index (χ1) is 12.5. The average molecular weight is 404 g/mol. The summed E-state index contributed by atoms with van der Waals surface area (Å²) in [4.78, 5) is 12.3. The van der Waals surface area contributed by atoms with Crippen molar-refractivity contribution in [3.8, 4) is 0 Å². The number of hydrogen-bond donors (Lipinski definition) is 2. The molecular formula is C17H16F4N2O3S. The maximum atomic E-state index is 13.3. The number of halogens is 4. The van der Waals surface area contributed by atoms with Crippen LogP contribution < -0.4 is 10.0 Å². The van der Waals surface area contributed by atoms with Gasteiger partial charge in [-0.1, -0.05) is 13.0 Å². The molecule has 5 nitrogen and oxygen atoms in total. The molecule has 0 saturated carbocycles. The molecule has 0 aliphatic heterocycles. The summed E-state index contributed by atoms with van der Waals surface area (Å²) in [7, 11) is -3.82. The normalized spacial score (nSPS) is 12.1. The highest BCUT2D eigenvalue weighted by atomic mass is 32.2. The SMILES string of the molecule is CCNS(=O)(=O)c1ccc(C)c(C(=O)Nc2ccc(F)c(C(F)(F)F)c2)c1. The summed E-state index contributed by atoms with van der Waals surface area (Å²) in [6.07, 6.45) is -4.92. The fraction of sp³-hybridized carbons (Fsp3) is 0.235. The fourth-order valence-electron chi connectivity index (χ4n) is 2.30. The zero-order valence-electron chi connectivity index (χ0n) is 14.3. The first-order valence-corrected chi connectivity index (χ1v) is 9.22. The minimum Gasteiger partial charge on any atom is -0.322 e. The van der Waals surface area contributed by atoms with Crippen LogP contribution in [0.1, 0.15) is 28.4 Å². The van der Waals surface area contributed by atoms with E-state index >= 15 is 0 Å². The monoisotopic (exact) mass is 404 g/mol. The van der Waals surface area contributed by atoms with Crippen LogP contribution in [-0.2, 0) is 16.2 Å².